The molecule has 4 nitrogen and oxygen atoms in total. The lowest BCUT2D eigenvalue weighted by atomic mass is 10.0. The summed E-state index contributed by atoms with van der Waals surface area (Å²) in [5, 5.41) is 3.17. The number of hydrogen-bond acceptors (Lipinski definition) is 3. The molecule has 1 aliphatic heterocycles. The summed E-state index contributed by atoms with van der Waals surface area (Å²) in [5.41, 5.74) is 0.139. The van der Waals surface area contributed by atoms with Gasteiger partial charge in [-0.2, -0.15) is 0 Å². The highest BCUT2D eigenvalue weighted by Crippen LogP contribution is 2.14. The van der Waals surface area contributed by atoms with Crippen LogP contribution in [-0.4, -0.2) is 27.3 Å². The van der Waals surface area contributed by atoms with Crippen LogP contribution in [0.4, 0.5) is 8.78 Å². The smallest absolute Gasteiger partial charge is 0.212 e. The van der Waals surface area contributed by atoms with E-state index in [9.17, 15) is 17.2 Å². The Labute approximate surface area is 117 Å². The lowest BCUT2D eigenvalue weighted by Crippen LogP contribution is -2.35. The largest absolute Gasteiger partial charge is 0.317 e. The van der Waals surface area contributed by atoms with Crippen LogP contribution < -0.4 is 10.0 Å². The molecule has 1 aliphatic rings. The molecule has 1 aromatic rings. The molecule has 0 spiro atoms. The highest BCUT2D eigenvalue weighted by atomic mass is 32.2. The first-order valence-corrected chi connectivity index (χ1v) is 8.23. The van der Waals surface area contributed by atoms with Crippen molar-refractivity contribution in [2.75, 3.05) is 18.8 Å². The maximum Gasteiger partial charge on any atom is 0.212 e. The van der Waals surface area contributed by atoms with Gasteiger partial charge in [0.25, 0.3) is 0 Å². The van der Waals surface area contributed by atoms with E-state index in [0.29, 0.717) is 0 Å². The first-order chi connectivity index (χ1) is 9.46. The topological polar surface area (TPSA) is 58.2 Å². The van der Waals surface area contributed by atoms with E-state index in [-0.39, 0.29) is 23.8 Å². The Balaban J connectivity index is 1.91. The summed E-state index contributed by atoms with van der Waals surface area (Å²) in [4.78, 5) is 0. The van der Waals surface area contributed by atoms with Crippen LogP contribution in [0.5, 0.6) is 0 Å². The number of hydrogen-bond donors (Lipinski definition) is 2. The monoisotopic (exact) mass is 304 g/mol. The Hall–Kier alpha value is -1.05. The van der Waals surface area contributed by atoms with Gasteiger partial charge in [0.15, 0.2) is 0 Å². The minimum absolute atomic E-state index is 0.0531. The van der Waals surface area contributed by atoms with Crippen molar-refractivity contribution in [3.05, 3.63) is 35.4 Å². The Kier molecular flexibility index (Phi) is 5.06. The third-order valence-electron chi connectivity index (χ3n) is 3.41. The van der Waals surface area contributed by atoms with E-state index in [1.807, 2.05) is 0 Å². The summed E-state index contributed by atoms with van der Waals surface area (Å²) >= 11 is 0. The van der Waals surface area contributed by atoms with E-state index >= 15 is 0 Å². The van der Waals surface area contributed by atoms with Crippen LogP contribution in [0.15, 0.2) is 18.2 Å². The van der Waals surface area contributed by atoms with Crippen LogP contribution >= 0.6 is 0 Å². The minimum Gasteiger partial charge on any atom is -0.317 e. The van der Waals surface area contributed by atoms with E-state index in [0.717, 1.165) is 38.1 Å². The van der Waals surface area contributed by atoms with E-state index in [2.05, 4.69) is 10.0 Å². The third kappa shape index (κ3) is 4.50. The van der Waals surface area contributed by atoms with Gasteiger partial charge in [-0.25, -0.2) is 21.9 Å². The number of nitrogens with one attached hydrogen (secondary N) is 2. The average molecular weight is 304 g/mol. The van der Waals surface area contributed by atoms with Crippen molar-refractivity contribution in [1.29, 1.82) is 0 Å². The summed E-state index contributed by atoms with van der Waals surface area (Å²) in [6, 6.07) is 3.10. The zero-order chi connectivity index (χ0) is 14.6. The van der Waals surface area contributed by atoms with Gasteiger partial charge in [0.05, 0.1) is 5.75 Å². The lowest BCUT2D eigenvalue weighted by molar-refractivity contribution is 0.400. The Bertz CT molecular complexity index is 557. The number of piperidine rings is 1. The van der Waals surface area contributed by atoms with Gasteiger partial charge in [-0.1, -0.05) is 6.07 Å². The van der Waals surface area contributed by atoms with Gasteiger partial charge in [0, 0.05) is 18.2 Å². The molecule has 0 unspecified atom stereocenters. The quantitative estimate of drug-likeness (QED) is 0.864. The molecule has 1 aromatic carbocycles. The Morgan fingerprint density at radius 3 is 2.60 bits per heavy atom. The van der Waals surface area contributed by atoms with Gasteiger partial charge in [-0.3, -0.25) is 0 Å². The first kappa shape index (κ1) is 15.3. The highest BCUT2D eigenvalue weighted by molar-refractivity contribution is 7.89. The third-order valence-corrected chi connectivity index (χ3v) is 4.91. The molecule has 112 valence electrons. The fourth-order valence-electron chi connectivity index (χ4n) is 2.27. The van der Waals surface area contributed by atoms with E-state index < -0.39 is 21.7 Å². The van der Waals surface area contributed by atoms with Crippen LogP contribution in [0, 0.1) is 17.6 Å². The molecule has 1 saturated heterocycles. The van der Waals surface area contributed by atoms with Crippen molar-refractivity contribution in [2.45, 2.75) is 19.4 Å². The normalized spacial score (nSPS) is 17.3. The molecule has 2 N–H and O–H groups in total. The summed E-state index contributed by atoms with van der Waals surface area (Å²) in [7, 11) is -3.44. The SMILES string of the molecule is O=S(=O)(CC1CCNCC1)NCc1ccc(F)cc1F. The van der Waals surface area contributed by atoms with E-state index in [1.165, 1.54) is 6.07 Å². The van der Waals surface area contributed by atoms with Gasteiger partial charge in [-0.15, -0.1) is 0 Å². The van der Waals surface area contributed by atoms with Gasteiger partial charge < -0.3 is 5.32 Å². The molecule has 2 rings (SSSR count). The van der Waals surface area contributed by atoms with E-state index in [4.69, 9.17) is 0 Å². The van der Waals surface area contributed by atoms with Crippen LogP contribution in [0.25, 0.3) is 0 Å². The van der Waals surface area contributed by atoms with E-state index in [1.54, 1.807) is 0 Å². The molecule has 0 aromatic heterocycles. The molecule has 20 heavy (non-hydrogen) atoms. The summed E-state index contributed by atoms with van der Waals surface area (Å²) in [6.45, 7) is 1.50. The molecule has 0 bridgehead atoms. The molecule has 0 aliphatic carbocycles. The van der Waals surface area contributed by atoms with Crippen molar-refractivity contribution in [3.63, 3.8) is 0 Å². The number of benzene rings is 1. The van der Waals surface area contributed by atoms with Gasteiger partial charge in [-0.05, 0) is 37.9 Å². The molecular weight excluding hydrogens is 286 g/mol. The molecule has 0 atom stereocenters. The van der Waals surface area contributed by atoms with Crippen molar-refractivity contribution in [2.24, 2.45) is 5.92 Å². The Morgan fingerprint density at radius 2 is 1.95 bits per heavy atom. The van der Waals surface area contributed by atoms with Crippen LogP contribution in [0.3, 0.4) is 0 Å². The van der Waals surface area contributed by atoms with Gasteiger partial charge in [0.1, 0.15) is 11.6 Å². The lowest BCUT2D eigenvalue weighted by Gasteiger charge is -2.22. The molecule has 1 heterocycles. The second-order valence-corrected chi connectivity index (χ2v) is 6.88. The molecule has 0 saturated carbocycles. The second-order valence-electron chi connectivity index (χ2n) is 5.03. The molecule has 0 amide bonds. The van der Waals surface area contributed by atoms with Gasteiger partial charge >= 0.3 is 0 Å². The van der Waals surface area contributed by atoms with Crippen LogP contribution in [-0.2, 0) is 16.6 Å². The zero-order valence-electron chi connectivity index (χ0n) is 11.0. The second kappa shape index (κ2) is 6.60. The fourth-order valence-corrected chi connectivity index (χ4v) is 3.72. The van der Waals surface area contributed by atoms with Gasteiger partial charge in [0.2, 0.25) is 10.0 Å². The maximum atomic E-state index is 13.4. The summed E-state index contributed by atoms with van der Waals surface area (Å²) < 4.78 is 52.4. The molecule has 0 radical (unpaired) electrons. The van der Waals surface area contributed by atoms with Crippen molar-refractivity contribution in [3.8, 4) is 0 Å². The Morgan fingerprint density at radius 1 is 1.25 bits per heavy atom. The number of halogens is 2. The average Bonchev–Trinajstić information content (AvgIpc) is 2.38. The predicted molar refractivity (Wildman–Crippen MR) is 72.6 cm³/mol. The summed E-state index contributed by atoms with van der Waals surface area (Å²) in [5.74, 6) is -1.23. The minimum atomic E-state index is -3.44. The number of sulfonamides is 1. The van der Waals surface area contributed by atoms with Crippen molar-refractivity contribution < 1.29 is 17.2 Å². The van der Waals surface area contributed by atoms with Crippen LogP contribution in [0.1, 0.15) is 18.4 Å². The maximum absolute atomic E-state index is 13.4. The predicted octanol–water partition coefficient (Wildman–Crippen LogP) is 1.38. The molecular formula is C13H18F2N2O2S. The first-order valence-electron chi connectivity index (χ1n) is 6.58. The highest BCUT2D eigenvalue weighted by Gasteiger charge is 2.21. The standard InChI is InChI=1S/C13H18F2N2O2S/c14-12-2-1-11(13(15)7-12)8-17-20(18,19)9-10-3-5-16-6-4-10/h1-2,7,10,16-17H,3-6,8-9H2. The zero-order valence-corrected chi connectivity index (χ0v) is 11.8. The van der Waals surface area contributed by atoms with Crippen molar-refractivity contribution >= 4 is 10.0 Å². The number of rotatable bonds is 5. The van der Waals surface area contributed by atoms with Crippen molar-refractivity contribution in [1.82, 2.24) is 10.0 Å². The summed E-state index contributed by atoms with van der Waals surface area (Å²) in [6.07, 6.45) is 1.65. The van der Waals surface area contributed by atoms with Crippen LogP contribution in [0.2, 0.25) is 0 Å². The molecule has 1 fully saturated rings. The fraction of sp³-hybridized carbons (Fsp3) is 0.538. The molecule has 7 heteroatoms.